The summed E-state index contributed by atoms with van der Waals surface area (Å²) in [7, 11) is -3.69. The minimum Gasteiger partial charge on any atom is -0.461 e. The third-order valence-corrected chi connectivity index (χ3v) is 7.20. The van der Waals surface area contributed by atoms with Crippen LogP contribution in [-0.4, -0.2) is 62.9 Å². The van der Waals surface area contributed by atoms with Crippen molar-refractivity contribution >= 4 is 27.0 Å². The van der Waals surface area contributed by atoms with Gasteiger partial charge in [0.1, 0.15) is 23.6 Å². The zero-order valence-corrected chi connectivity index (χ0v) is 17.9. The maximum atomic E-state index is 13.1. The lowest BCUT2D eigenvalue weighted by atomic mass is 10.2. The molecule has 0 unspecified atom stereocenters. The zero-order chi connectivity index (χ0) is 22.7. The highest BCUT2D eigenvalue weighted by Crippen LogP contribution is 2.18. The summed E-state index contributed by atoms with van der Waals surface area (Å²) in [5, 5.41) is 0.623. The Labute approximate surface area is 183 Å². The molecule has 1 aliphatic rings. The molecule has 168 valence electrons. The van der Waals surface area contributed by atoms with Gasteiger partial charge in [-0.3, -0.25) is 4.90 Å². The van der Waals surface area contributed by atoms with E-state index in [9.17, 15) is 22.4 Å². The van der Waals surface area contributed by atoms with Crippen molar-refractivity contribution in [1.82, 2.24) is 9.21 Å². The molecule has 0 bridgehead atoms. The number of hydrogen-bond donors (Lipinski definition) is 0. The summed E-state index contributed by atoms with van der Waals surface area (Å²) < 4.78 is 50.1. The van der Waals surface area contributed by atoms with Crippen LogP contribution in [0.1, 0.15) is 10.4 Å². The van der Waals surface area contributed by atoms with Crippen LogP contribution < -0.4 is 5.63 Å². The van der Waals surface area contributed by atoms with Crippen molar-refractivity contribution in [2.75, 3.05) is 39.3 Å². The third kappa shape index (κ3) is 4.72. The van der Waals surface area contributed by atoms with Gasteiger partial charge in [0.15, 0.2) is 0 Å². The van der Waals surface area contributed by atoms with Gasteiger partial charge in [0.2, 0.25) is 10.0 Å². The molecular weight excluding hydrogens is 439 g/mol. The number of sulfonamides is 1. The molecule has 2 heterocycles. The molecule has 0 radical (unpaired) electrons. The fraction of sp³-hybridized carbons (Fsp3) is 0.273. The lowest BCUT2D eigenvalue weighted by Crippen LogP contribution is -2.49. The molecule has 32 heavy (non-hydrogen) atoms. The van der Waals surface area contributed by atoms with Gasteiger partial charge < -0.3 is 9.15 Å². The van der Waals surface area contributed by atoms with Crippen molar-refractivity contribution < 1.29 is 26.8 Å². The number of para-hydroxylation sites is 1. The third-order valence-electron chi connectivity index (χ3n) is 5.28. The Morgan fingerprint density at radius 1 is 1.03 bits per heavy atom. The number of benzene rings is 2. The van der Waals surface area contributed by atoms with Crippen LogP contribution in [0.25, 0.3) is 11.0 Å². The van der Waals surface area contributed by atoms with Gasteiger partial charge in [0, 0.05) is 38.1 Å². The van der Waals surface area contributed by atoms with Gasteiger partial charge in [-0.1, -0.05) is 18.2 Å². The molecule has 1 fully saturated rings. The van der Waals surface area contributed by atoms with E-state index < -0.39 is 27.4 Å². The summed E-state index contributed by atoms with van der Waals surface area (Å²) in [6.07, 6.45) is 0. The predicted molar refractivity (Wildman–Crippen MR) is 114 cm³/mol. The maximum absolute atomic E-state index is 13.1. The molecule has 0 spiro atoms. The van der Waals surface area contributed by atoms with Gasteiger partial charge in [-0.15, -0.1) is 0 Å². The first-order chi connectivity index (χ1) is 15.3. The van der Waals surface area contributed by atoms with E-state index in [1.54, 1.807) is 24.3 Å². The van der Waals surface area contributed by atoms with Crippen molar-refractivity contribution in [1.29, 1.82) is 0 Å². The average Bonchev–Trinajstić information content (AvgIpc) is 2.79. The number of ether oxygens (including phenoxy) is 1. The van der Waals surface area contributed by atoms with Gasteiger partial charge in [0.05, 0.1) is 4.90 Å². The van der Waals surface area contributed by atoms with Crippen molar-refractivity contribution in [3.8, 4) is 0 Å². The number of hydrogen-bond acceptors (Lipinski definition) is 7. The van der Waals surface area contributed by atoms with Crippen molar-refractivity contribution in [2.24, 2.45) is 0 Å². The first kappa shape index (κ1) is 22.1. The second kappa shape index (κ2) is 9.19. The SMILES string of the molecule is O=C(OCCN1CCN(S(=O)(=O)c2ccc(F)cc2)CC1)c1cc2ccccc2oc1=O. The summed E-state index contributed by atoms with van der Waals surface area (Å²) >= 11 is 0. The largest absolute Gasteiger partial charge is 0.461 e. The summed E-state index contributed by atoms with van der Waals surface area (Å²) in [6.45, 7) is 1.89. The summed E-state index contributed by atoms with van der Waals surface area (Å²) in [5.74, 6) is -1.26. The van der Waals surface area contributed by atoms with E-state index in [0.717, 1.165) is 12.1 Å². The van der Waals surface area contributed by atoms with E-state index in [0.29, 0.717) is 30.6 Å². The molecule has 0 saturated carbocycles. The minimum atomic E-state index is -3.69. The Morgan fingerprint density at radius 3 is 2.44 bits per heavy atom. The molecule has 0 amide bonds. The number of carbonyl (C=O) groups is 1. The Balaban J connectivity index is 1.29. The normalized spacial score (nSPS) is 15.7. The van der Waals surface area contributed by atoms with Crippen molar-refractivity contribution in [2.45, 2.75) is 4.90 Å². The molecule has 4 rings (SSSR count). The molecule has 1 saturated heterocycles. The molecule has 2 aromatic carbocycles. The van der Waals surface area contributed by atoms with Gasteiger partial charge in [-0.05, 0) is 36.4 Å². The topological polar surface area (TPSA) is 97.1 Å². The standard InChI is InChI=1S/C22H21FN2O6S/c23-17-5-7-18(8-6-17)32(28,29)25-11-9-24(10-12-25)13-14-30-21(26)19-15-16-3-1-2-4-20(16)31-22(19)27/h1-8,15H,9-14H2. The number of esters is 1. The van der Waals surface area contributed by atoms with E-state index in [4.69, 9.17) is 9.15 Å². The highest BCUT2D eigenvalue weighted by Gasteiger charge is 2.28. The Kier molecular flexibility index (Phi) is 6.35. The number of fused-ring (bicyclic) bond motifs is 1. The molecular formula is C22H21FN2O6S. The highest BCUT2D eigenvalue weighted by atomic mass is 32.2. The monoisotopic (exact) mass is 460 g/mol. The number of carbonyl (C=O) groups excluding carboxylic acids is 1. The van der Waals surface area contributed by atoms with Crippen molar-refractivity contribution in [3.63, 3.8) is 0 Å². The number of halogens is 1. The number of rotatable bonds is 6. The van der Waals surface area contributed by atoms with Crippen LogP contribution in [0.2, 0.25) is 0 Å². The van der Waals surface area contributed by atoms with Gasteiger partial charge in [-0.25, -0.2) is 22.4 Å². The highest BCUT2D eigenvalue weighted by molar-refractivity contribution is 7.89. The molecule has 0 atom stereocenters. The predicted octanol–water partition coefficient (Wildman–Crippen LogP) is 2.10. The molecule has 10 heteroatoms. The number of nitrogens with zero attached hydrogens (tertiary/aromatic N) is 2. The van der Waals surface area contributed by atoms with Crippen LogP contribution in [0.3, 0.4) is 0 Å². The lowest BCUT2D eigenvalue weighted by Gasteiger charge is -2.33. The zero-order valence-electron chi connectivity index (χ0n) is 17.1. The fourth-order valence-corrected chi connectivity index (χ4v) is 4.92. The summed E-state index contributed by atoms with van der Waals surface area (Å²) in [6, 6.07) is 13.1. The van der Waals surface area contributed by atoms with Crippen LogP contribution in [0.5, 0.6) is 0 Å². The molecule has 0 aliphatic carbocycles. The second-order valence-corrected chi connectivity index (χ2v) is 9.26. The van der Waals surface area contributed by atoms with Gasteiger partial charge in [-0.2, -0.15) is 4.31 Å². The fourth-order valence-electron chi connectivity index (χ4n) is 3.50. The molecule has 3 aromatic rings. The van der Waals surface area contributed by atoms with Gasteiger partial charge in [0.25, 0.3) is 0 Å². The number of piperazine rings is 1. The summed E-state index contributed by atoms with van der Waals surface area (Å²) in [4.78, 5) is 26.4. The van der Waals surface area contributed by atoms with Crippen LogP contribution >= 0.6 is 0 Å². The van der Waals surface area contributed by atoms with Crippen molar-refractivity contribution in [3.05, 3.63) is 76.4 Å². The Bertz CT molecular complexity index is 1280. The molecule has 1 aliphatic heterocycles. The van der Waals surface area contributed by atoms with Crippen LogP contribution in [0.15, 0.2) is 68.7 Å². The molecule has 8 nitrogen and oxygen atoms in total. The van der Waals surface area contributed by atoms with Crippen LogP contribution in [-0.2, 0) is 14.8 Å². The van der Waals surface area contributed by atoms with Crippen LogP contribution in [0, 0.1) is 5.82 Å². The van der Waals surface area contributed by atoms with E-state index in [1.165, 1.54) is 22.5 Å². The molecule has 1 aromatic heterocycles. The average molecular weight is 460 g/mol. The summed E-state index contributed by atoms with van der Waals surface area (Å²) in [5.41, 5.74) is -0.533. The minimum absolute atomic E-state index is 0.0514. The first-order valence-corrected chi connectivity index (χ1v) is 11.5. The van der Waals surface area contributed by atoms with E-state index in [1.807, 2.05) is 4.90 Å². The first-order valence-electron chi connectivity index (χ1n) is 10.0. The lowest BCUT2D eigenvalue weighted by molar-refractivity contribution is 0.0440. The van der Waals surface area contributed by atoms with Crippen LogP contribution in [0.4, 0.5) is 4.39 Å². The van der Waals surface area contributed by atoms with Gasteiger partial charge >= 0.3 is 11.6 Å². The van der Waals surface area contributed by atoms with E-state index in [-0.39, 0.29) is 30.2 Å². The van der Waals surface area contributed by atoms with E-state index >= 15 is 0 Å². The molecule has 0 N–H and O–H groups in total. The second-order valence-electron chi connectivity index (χ2n) is 7.32. The smallest absolute Gasteiger partial charge is 0.351 e. The quantitative estimate of drug-likeness (QED) is 0.410. The van der Waals surface area contributed by atoms with E-state index in [2.05, 4.69) is 0 Å². The Hall–Kier alpha value is -3.08. The Morgan fingerprint density at radius 2 is 1.72 bits per heavy atom. The maximum Gasteiger partial charge on any atom is 0.351 e.